The second kappa shape index (κ2) is 6.36. The minimum Gasteiger partial charge on any atom is -0.493 e. The summed E-state index contributed by atoms with van der Waals surface area (Å²) >= 11 is 4.92. The summed E-state index contributed by atoms with van der Waals surface area (Å²) < 4.78 is 5.39. The second-order valence-electron chi connectivity index (χ2n) is 3.16. The van der Waals surface area contributed by atoms with Gasteiger partial charge in [0.25, 0.3) is 0 Å². The van der Waals surface area contributed by atoms with Gasteiger partial charge in [0.1, 0.15) is 5.75 Å². The molecule has 94 valence electrons. The molecule has 0 bridgehead atoms. The van der Waals surface area contributed by atoms with Gasteiger partial charge in [0.2, 0.25) is 5.11 Å². The zero-order chi connectivity index (χ0) is 12.8. The van der Waals surface area contributed by atoms with E-state index in [2.05, 4.69) is 5.43 Å². The molecule has 6 N–H and O–H groups in total. The Balaban J connectivity index is 3.14. The highest BCUT2D eigenvalue weighted by Crippen LogP contribution is 2.28. The fourth-order valence-corrected chi connectivity index (χ4v) is 1.51. The first-order valence-corrected chi connectivity index (χ1v) is 5.47. The van der Waals surface area contributed by atoms with E-state index in [1.165, 1.54) is 5.01 Å². The van der Waals surface area contributed by atoms with Gasteiger partial charge in [0.15, 0.2) is 0 Å². The van der Waals surface area contributed by atoms with E-state index in [0.29, 0.717) is 23.6 Å². The average molecular weight is 256 g/mol. The van der Waals surface area contributed by atoms with E-state index in [0.717, 1.165) is 0 Å². The molecule has 0 aliphatic rings. The van der Waals surface area contributed by atoms with Gasteiger partial charge in [-0.15, -0.1) is 0 Å². The molecule has 1 aromatic rings. The standard InChI is InChI=1S/C10H16N4O2S/c1-2-16-9-5-3-4-8(7(9)6-15)14(12)10(17)13-11/h3-5,15H,2,6,11-12H2,1H3,(H,13,17). The molecule has 1 rings (SSSR count). The zero-order valence-corrected chi connectivity index (χ0v) is 10.3. The number of thiocarbonyl (C=S) groups is 1. The molecule has 0 atom stereocenters. The van der Waals surface area contributed by atoms with Crippen LogP contribution in [0.3, 0.4) is 0 Å². The number of hydrazine groups is 2. The summed E-state index contributed by atoms with van der Waals surface area (Å²) in [5, 5.41) is 10.7. The molecule has 0 saturated heterocycles. The Morgan fingerprint density at radius 1 is 1.59 bits per heavy atom. The van der Waals surface area contributed by atoms with Gasteiger partial charge in [-0.1, -0.05) is 6.07 Å². The fraction of sp³-hybridized carbons (Fsp3) is 0.300. The first kappa shape index (κ1) is 13.7. The summed E-state index contributed by atoms with van der Waals surface area (Å²) in [5.74, 6) is 11.5. The summed E-state index contributed by atoms with van der Waals surface area (Å²) in [5.41, 5.74) is 3.38. The summed E-state index contributed by atoms with van der Waals surface area (Å²) in [7, 11) is 0. The van der Waals surface area contributed by atoms with Crippen molar-refractivity contribution in [1.82, 2.24) is 5.43 Å². The number of hydrogen-bond donors (Lipinski definition) is 4. The van der Waals surface area contributed by atoms with Crippen LogP contribution in [-0.2, 0) is 6.61 Å². The number of ether oxygens (including phenoxy) is 1. The molecule has 6 nitrogen and oxygen atoms in total. The molecule has 0 aromatic heterocycles. The SMILES string of the molecule is CCOc1cccc(N(N)C(=S)NN)c1CO. The molecule has 0 fully saturated rings. The van der Waals surface area contributed by atoms with Crippen LogP contribution in [0.5, 0.6) is 5.75 Å². The van der Waals surface area contributed by atoms with Crippen LogP contribution < -0.4 is 26.9 Å². The number of hydrogen-bond acceptors (Lipinski definition) is 5. The lowest BCUT2D eigenvalue weighted by Gasteiger charge is -2.22. The Hall–Kier alpha value is -1.41. The van der Waals surface area contributed by atoms with Crippen molar-refractivity contribution in [2.24, 2.45) is 11.7 Å². The van der Waals surface area contributed by atoms with E-state index >= 15 is 0 Å². The minimum atomic E-state index is -0.202. The Morgan fingerprint density at radius 3 is 2.82 bits per heavy atom. The van der Waals surface area contributed by atoms with Crippen molar-refractivity contribution in [3.8, 4) is 5.75 Å². The zero-order valence-electron chi connectivity index (χ0n) is 9.51. The Kier molecular flexibility index (Phi) is 5.11. The third-order valence-electron chi connectivity index (χ3n) is 2.17. The van der Waals surface area contributed by atoms with E-state index in [4.69, 9.17) is 28.6 Å². The lowest BCUT2D eigenvalue weighted by Crippen LogP contribution is -2.47. The highest BCUT2D eigenvalue weighted by Gasteiger charge is 2.14. The number of nitrogens with zero attached hydrogens (tertiary/aromatic N) is 1. The lowest BCUT2D eigenvalue weighted by atomic mass is 10.1. The van der Waals surface area contributed by atoms with Crippen molar-refractivity contribution in [1.29, 1.82) is 0 Å². The van der Waals surface area contributed by atoms with Crippen LogP contribution in [0, 0.1) is 0 Å². The predicted octanol–water partition coefficient (Wildman–Crippen LogP) is 0.00590. The smallest absolute Gasteiger partial charge is 0.202 e. The van der Waals surface area contributed by atoms with Crippen LogP contribution >= 0.6 is 12.2 Å². The third-order valence-corrected chi connectivity index (χ3v) is 2.48. The average Bonchev–Trinajstić information content (AvgIpc) is 2.37. The van der Waals surface area contributed by atoms with Gasteiger partial charge < -0.3 is 9.84 Å². The first-order valence-electron chi connectivity index (χ1n) is 5.06. The minimum absolute atomic E-state index is 0.147. The van der Waals surface area contributed by atoms with Gasteiger partial charge in [-0.3, -0.25) is 10.4 Å². The summed E-state index contributed by atoms with van der Waals surface area (Å²) in [4.78, 5) is 0. The van der Waals surface area contributed by atoms with Crippen molar-refractivity contribution < 1.29 is 9.84 Å². The van der Waals surface area contributed by atoms with Crippen LogP contribution in [0.1, 0.15) is 12.5 Å². The Bertz CT molecular complexity index is 400. The molecular weight excluding hydrogens is 240 g/mol. The summed E-state index contributed by atoms with van der Waals surface area (Å²) in [6.07, 6.45) is 0. The molecule has 7 heteroatoms. The van der Waals surface area contributed by atoms with Crippen LogP contribution in [0.4, 0.5) is 5.69 Å². The Morgan fingerprint density at radius 2 is 2.29 bits per heavy atom. The molecule has 0 radical (unpaired) electrons. The number of nitrogens with one attached hydrogen (secondary N) is 1. The predicted molar refractivity (Wildman–Crippen MR) is 70.1 cm³/mol. The molecule has 0 aliphatic carbocycles. The number of benzene rings is 1. The van der Waals surface area contributed by atoms with E-state index in [1.54, 1.807) is 18.2 Å². The van der Waals surface area contributed by atoms with Crippen molar-refractivity contribution in [2.75, 3.05) is 11.6 Å². The van der Waals surface area contributed by atoms with E-state index in [9.17, 15) is 5.11 Å². The quantitative estimate of drug-likeness (QED) is 0.342. The van der Waals surface area contributed by atoms with Gasteiger partial charge in [0, 0.05) is 5.56 Å². The van der Waals surface area contributed by atoms with E-state index < -0.39 is 0 Å². The number of nitrogens with two attached hydrogens (primary N) is 2. The second-order valence-corrected chi connectivity index (χ2v) is 3.55. The maximum absolute atomic E-state index is 9.37. The molecule has 0 heterocycles. The lowest BCUT2D eigenvalue weighted by molar-refractivity contribution is 0.267. The molecular formula is C10H16N4O2S. The normalized spacial score (nSPS) is 9.88. The van der Waals surface area contributed by atoms with Gasteiger partial charge >= 0.3 is 0 Å². The summed E-state index contributed by atoms with van der Waals surface area (Å²) in [6, 6.07) is 5.24. The number of aliphatic hydroxyl groups is 1. The highest BCUT2D eigenvalue weighted by atomic mass is 32.1. The monoisotopic (exact) mass is 256 g/mol. The number of rotatable bonds is 4. The number of anilines is 1. The maximum Gasteiger partial charge on any atom is 0.202 e. The van der Waals surface area contributed by atoms with Crippen LogP contribution in [0.15, 0.2) is 18.2 Å². The molecule has 0 amide bonds. The first-order chi connectivity index (χ1) is 8.15. The Labute approximate surface area is 105 Å². The molecule has 0 unspecified atom stereocenters. The van der Waals surface area contributed by atoms with Gasteiger partial charge in [-0.05, 0) is 31.3 Å². The largest absolute Gasteiger partial charge is 0.493 e. The van der Waals surface area contributed by atoms with Gasteiger partial charge in [-0.2, -0.15) is 0 Å². The third kappa shape index (κ3) is 3.04. The van der Waals surface area contributed by atoms with Crippen molar-refractivity contribution >= 4 is 23.0 Å². The maximum atomic E-state index is 9.37. The summed E-state index contributed by atoms with van der Waals surface area (Å²) in [6.45, 7) is 2.16. The number of aliphatic hydroxyl groups excluding tert-OH is 1. The topological polar surface area (TPSA) is 96.8 Å². The van der Waals surface area contributed by atoms with Gasteiger partial charge in [-0.25, -0.2) is 11.7 Å². The van der Waals surface area contributed by atoms with Crippen LogP contribution in [0.25, 0.3) is 0 Å². The van der Waals surface area contributed by atoms with E-state index in [-0.39, 0.29) is 11.7 Å². The van der Waals surface area contributed by atoms with Crippen LogP contribution in [-0.4, -0.2) is 16.8 Å². The molecule has 17 heavy (non-hydrogen) atoms. The molecule has 1 aromatic carbocycles. The highest BCUT2D eigenvalue weighted by molar-refractivity contribution is 7.80. The molecule has 0 spiro atoms. The van der Waals surface area contributed by atoms with Gasteiger partial charge in [0.05, 0.1) is 18.9 Å². The molecule has 0 saturated carbocycles. The fourth-order valence-electron chi connectivity index (χ4n) is 1.41. The van der Waals surface area contributed by atoms with Crippen molar-refractivity contribution in [2.45, 2.75) is 13.5 Å². The van der Waals surface area contributed by atoms with Crippen molar-refractivity contribution in [3.63, 3.8) is 0 Å². The van der Waals surface area contributed by atoms with Crippen molar-refractivity contribution in [3.05, 3.63) is 23.8 Å². The van der Waals surface area contributed by atoms with Crippen LogP contribution in [0.2, 0.25) is 0 Å². The van der Waals surface area contributed by atoms with E-state index in [1.807, 2.05) is 6.92 Å². The molecule has 0 aliphatic heterocycles.